The summed E-state index contributed by atoms with van der Waals surface area (Å²) >= 11 is 0. The molecule has 0 aliphatic heterocycles. The lowest BCUT2D eigenvalue weighted by atomic mass is 9.95. The first-order valence-corrected chi connectivity index (χ1v) is 8.06. The Hall–Kier alpha value is -2.65. The molecule has 24 heavy (non-hydrogen) atoms. The molecular weight excluding hydrogens is 300 g/mol. The van der Waals surface area contributed by atoms with Gasteiger partial charge in [0.15, 0.2) is 0 Å². The Bertz CT molecular complexity index is 806. The summed E-state index contributed by atoms with van der Waals surface area (Å²) in [6, 6.07) is 23.6. The fourth-order valence-electron chi connectivity index (χ4n) is 2.80. The van der Waals surface area contributed by atoms with Crippen molar-refractivity contribution in [2.24, 2.45) is 5.92 Å². The molecule has 122 valence electrons. The Morgan fingerprint density at radius 3 is 2.42 bits per heavy atom. The van der Waals surface area contributed by atoms with E-state index in [-0.39, 0.29) is 19.2 Å². The summed E-state index contributed by atoms with van der Waals surface area (Å²) < 4.78 is 5.37. The number of aliphatic hydroxyl groups excluding tert-OH is 1. The van der Waals surface area contributed by atoms with E-state index >= 15 is 0 Å². The zero-order valence-corrected chi connectivity index (χ0v) is 13.4. The van der Waals surface area contributed by atoms with Crippen molar-refractivity contribution in [3.63, 3.8) is 0 Å². The predicted octanol–water partition coefficient (Wildman–Crippen LogP) is 3.73. The lowest BCUT2D eigenvalue weighted by molar-refractivity contribution is -0.151. The summed E-state index contributed by atoms with van der Waals surface area (Å²) in [6.45, 7) is 0.00253. The molecular formula is C21H20O3. The van der Waals surface area contributed by atoms with Gasteiger partial charge in [0.1, 0.15) is 6.61 Å². The van der Waals surface area contributed by atoms with Crippen molar-refractivity contribution < 1.29 is 14.6 Å². The van der Waals surface area contributed by atoms with Gasteiger partial charge < -0.3 is 9.84 Å². The van der Waals surface area contributed by atoms with Crippen molar-refractivity contribution in [2.45, 2.75) is 13.0 Å². The minimum absolute atomic E-state index is 0.225. The lowest BCUT2D eigenvalue weighted by Gasteiger charge is -2.15. The number of ether oxygens (including phenoxy) is 1. The van der Waals surface area contributed by atoms with Crippen LogP contribution in [-0.4, -0.2) is 17.7 Å². The van der Waals surface area contributed by atoms with Gasteiger partial charge in [-0.15, -0.1) is 0 Å². The number of aliphatic hydroxyl groups is 1. The van der Waals surface area contributed by atoms with Crippen LogP contribution in [0.4, 0.5) is 0 Å². The smallest absolute Gasteiger partial charge is 0.311 e. The third-order valence-corrected chi connectivity index (χ3v) is 4.12. The average molecular weight is 320 g/mol. The molecule has 3 heteroatoms. The lowest BCUT2D eigenvalue weighted by Crippen LogP contribution is -2.23. The van der Waals surface area contributed by atoms with Crippen LogP contribution in [0.2, 0.25) is 0 Å². The van der Waals surface area contributed by atoms with Crippen molar-refractivity contribution in [1.82, 2.24) is 0 Å². The first kappa shape index (κ1) is 16.2. The SMILES string of the molecule is O=C(OCc1ccccc1)[C@H](CO)Cc1cccc2ccccc12. The zero-order chi connectivity index (χ0) is 16.8. The second kappa shape index (κ2) is 7.75. The van der Waals surface area contributed by atoms with Crippen molar-refractivity contribution >= 4 is 16.7 Å². The Balaban J connectivity index is 1.70. The second-order valence-corrected chi connectivity index (χ2v) is 5.82. The number of esters is 1. The summed E-state index contributed by atoms with van der Waals surface area (Å²) in [5, 5.41) is 11.9. The molecule has 0 saturated heterocycles. The largest absolute Gasteiger partial charge is 0.461 e. The van der Waals surface area contributed by atoms with Crippen LogP contribution in [0.15, 0.2) is 72.8 Å². The number of fused-ring (bicyclic) bond motifs is 1. The fraction of sp³-hybridized carbons (Fsp3) is 0.190. The topological polar surface area (TPSA) is 46.5 Å². The average Bonchev–Trinajstić information content (AvgIpc) is 2.65. The van der Waals surface area contributed by atoms with E-state index in [0.717, 1.165) is 21.9 Å². The van der Waals surface area contributed by atoms with Gasteiger partial charge in [-0.05, 0) is 28.3 Å². The van der Waals surface area contributed by atoms with Crippen LogP contribution in [0, 0.1) is 5.92 Å². The van der Waals surface area contributed by atoms with Gasteiger partial charge in [-0.25, -0.2) is 0 Å². The van der Waals surface area contributed by atoms with Crippen molar-refractivity contribution in [1.29, 1.82) is 0 Å². The van der Waals surface area contributed by atoms with Crippen molar-refractivity contribution in [2.75, 3.05) is 6.61 Å². The molecule has 0 unspecified atom stereocenters. The summed E-state index contributed by atoms with van der Waals surface area (Å²) in [5.41, 5.74) is 1.98. The number of carbonyl (C=O) groups is 1. The van der Waals surface area contributed by atoms with E-state index < -0.39 is 5.92 Å². The van der Waals surface area contributed by atoms with E-state index in [4.69, 9.17) is 4.74 Å². The molecule has 1 N–H and O–H groups in total. The highest BCUT2D eigenvalue weighted by Gasteiger charge is 2.20. The third-order valence-electron chi connectivity index (χ3n) is 4.12. The second-order valence-electron chi connectivity index (χ2n) is 5.82. The Morgan fingerprint density at radius 1 is 0.917 bits per heavy atom. The molecule has 0 spiro atoms. The van der Waals surface area contributed by atoms with Gasteiger partial charge in [0, 0.05) is 0 Å². The van der Waals surface area contributed by atoms with Crippen molar-refractivity contribution in [3.05, 3.63) is 83.9 Å². The molecule has 0 bridgehead atoms. The number of hydrogen-bond acceptors (Lipinski definition) is 3. The van der Waals surface area contributed by atoms with Crippen LogP contribution in [0.5, 0.6) is 0 Å². The number of hydrogen-bond donors (Lipinski definition) is 1. The van der Waals surface area contributed by atoms with Gasteiger partial charge in [0.2, 0.25) is 0 Å². The van der Waals surface area contributed by atoms with E-state index in [1.54, 1.807) is 0 Å². The van der Waals surface area contributed by atoms with Gasteiger partial charge in [-0.3, -0.25) is 4.79 Å². The Labute approximate surface area is 141 Å². The maximum Gasteiger partial charge on any atom is 0.311 e. The van der Waals surface area contributed by atoms with Crippen LogP contribution in [0.1, 0.15) is 11.1 Å². The van der Waals surface area contributed by atoms with Crippen LogP contribution in [0.3, 0.4) is 0 Å². The standard InChI is InChI=1S/C21H20O3/c22-14-19(21(23)24-15-16-7-2-1-3-8-16)13-18-11-6-10-17-9-4-5-12-20(17)18/h1-12,19,22H,13-15H2/t19-/m0/s1. The summed E-state index contributed by atoms with van der Waals surface area (Å²) in [4.78, 5) is 12.3. The summed E-state index contributed by atoms with van der Waals surface area (Å²) in [7, 11) is 0. The minimum atomic E-state index is -0.556. The molecule has 3 rings (SSSR count). The molecule has 3 aromatic rings. The molecule has 0 saturated carbocycles. The normalized spacial score (nSPS) is 12.0. The molecule has 3 aromatic carbocycles. The number of benzene rings is 3. The Morgan fingerprint density at radius 2 is 1.62 bits per heavy atom. The molecule has 0 fully saturated rings. The summed E-state index contributed by atoms with van der Waals surface area (Å²) in [5.74, 6) is -0.922. The van der Waals surface area contributed by atoms with Crippen molar-refractivity contribution in [3.8, 4) is 0 Å². The quantitative estimate of drug-likeness (QED) is 0.704. The fourth-order valence-corrected chi connectivity index (χ4v) is 2.80. The van der Waals surface area contributed by atoms with Gasteiger partial charge in [0.25, 0.3) is 0 Å². The molecule has 0 radical (unpaired) electrons. The van der Waals surface area contributed by atoms with Gasteiger partial charge >= 0.3 is 5.97 Å². The first-order chi connectivity index (χ1) is 11.8. The molecule has 0 amide bonds. The maximum absolute atomic E-state index is 12.3. The van der Waals surface area contributed by atoms with E-state index in [1.807, 2.05) is 72.8 Å². The van der Waals surface area contributed by atoms with E-state index in [2.05, 4.69) is 0 Å². The summed E-state index contributed by atoms with van der Waals surface area (Å²) in [6.07, 6.45) is 0.464. The first-order valence-electron chi connectivity index (χ1n) is 8.06. The Kier molecular flexibility index (Phi) is 5.24. The van der Waals surface area contributed by atoms with Crippen LogP contribution in [0.25, 0.3) is 10.8 Å². The van der Waals surface area contributed by atoms with Gasteiger partial charge in [0.05, 0.1) is 12.5 Å². The highest BCUT2D eigenvalue weighted by molar-refractivity contribution is 5.86. The van der Waals surface area contributed by atoms with Crippen LogP contribution >= 0.6 is 0 Å². The van der Waals surface area contributed by atoms with Gasteiger partial charge in [-0.2, -0.15) is 0 Å². The van der Waals surface area contributed by atoms with Crippen LogP contribution in [-0.2, 0) is 22.6 Å². The monoisotopic (exact) mass is 320 g/mol. The third kappa shape index (κ3) is 3.81. The highest BCUT2D eigenvalue weighted by atomic mass is 16.5. The zero-order valence-electron chi connectivity index (χ0n) is 13.4. The molecule has 0 aliphatic carbocycles. The van der Waals surface area contributed by atoms with Crippen LogP contribution < -0.4 is 0 Å². The maximum atomic E-state index is 12.3. The van der Waals surface area contributed by atoms with E-state index in [9.17, 15) is 9.90 Å². The number of carbonyl (C=O) groups excluding carboxylic acids is 1. The molecule has 0 aromatic heterocycles. The van der Waals surface area contributed by atoms with E-state index in [0.29, 0.717) is 6.42 Å². The van der Waals surface area contributed by atoms with Gasteiger partial charge in [-0.1, -0.05) is 72.8 Å². The highest BCUT2D eigenvalue weighted by Crippen LogP contribution is 2.22. The van der Waals surface area contributed by atoms with E-state index in [1.165, 1.54) is 0 Å². The predicted molar refractivity (Wildman–Crippen MR) is 94.5 cm³/mol. The minimum Gasteiger partial charge on any atom is -0.461 e. The molecule has 0 heterocycles. The molecule has 3 nitrogen and oxygen atoms in total. The molecule has 0 aliphatic rings. The molecule has 1 atom stereocenters. The number of rotatable bonds is 6.